The van der Waals surface area contributed by atoms with E-state index in [4.69, 9.17) is 9.88 Å². The Hall–Kier alpha value is -2.56. The summed E-state index contributed by atoms with van der Waals surface area (Å²) >= 11 is 1.31. The molecule has 0 spiro atoms. The molecular formula is C20H24N4O4S2. The van der Waals surface area contributed by atoms with Crippen LogP contribution >= 0.6 is 11.8 Å². The second kappa shape index (κ2) is 9.50. The molecule has 160 valence electrons. The van der Waals surface area contributed by atoms with E-state index in [2.05, 4.69) is 10.3 Å². The lowest BCUT2D eigenvalue weighted by atomic mass is 10.1. The summed E-state index contributed by atoms with van der Waals surface area (Å²) in [6.07, 6.45) is 0.726. The van der Waals surface area contributed by atoms with E-state index in [1.54, 1.807) is 13.2 Å². The molecule has 2 aromatic carbocycles. The van der Waals surface area contributed by atoms with Crippen LogP contribution in [0.4, 0.5) is 0 Å². The van der Waals surface area contributed by atoms with E-state index in [0.717, 1.165) is 23.3 Å². The molecule has 0 aliphatic carbocycles. The number of carbonyl (C=O) groups excluding carboxylic acids is 1. The van der Waals surface area contributed by atoms with Gasteiger partial charge in [-0.05, 0) is 49.2 Å². The van der Waals surface area contributed by atoms with Crippen LogP contribution in [0.15, 0.2) is 52.5 Å². The van der Waals surface area contributed by atoms with Crippen LogP contribution < -0.4 is 15.2 Å². The largest absolute Gasteiger partial charge is 0.497 e. The SMILES string of the molecule is CCn1c(SCC(=O)NCCc2ccc(OC)cc2)nc2cc(S(N)(=O)=O)ccc21. The van der Waals surface area contributed by atoms with Gasteiger partial charge in [0.15, 0.2) is 5.16 Å². The molecule has 0 unspecified atom stereocenters. The molecule has 0 saturated carbocycles. The van der Waals surface area contributed by atoms with Crippen molar-refractivity contribution in [1.82, 2.24) is 14.9 Å². The number of thioether (sulfide) groups is 1. The van der Waals surface area contributed by atoms with Gasteiger partial charge in [-0.15, -0.1) is 0 Å². The number of nitrogens with one attached hydrogen (secondary N) is 1. The van der Waals surface area contributed by atoms with Gasteiger partial charge >= 0.3 is 0 Å². The second-order valence-electron chi connectivity index (χ2n) is 6.57. The maximum absolute atomic E-state index is 12.2. The van der Waals surface area contributed by atoms with Gasteiger partial charge in [-0.3, -0.25) is 4.79 Å². The number of aromatic nitrogens is 2. The fourth-order valence-electron chi connectivity index (χ4n) is 3.00. The highest BCUT2D eigenvalue weighted by atomic mass is 32.2. The van der Waals surface area contributed by atoms with Gasteiger partial charge in [0.05, 0.1) is 28.8 Å². The molecule has 3 rings (SSSR count). The average molecular weight is 449 g/mol. The Kier molecular flexibility index (Phi) is 7.01. The number of imidazole rings is 1. The predicted octanol–water partition coefficient (Wildman–Crippen LogP) is 2.16. The summed E-state index contributed by atoms with van der Waals surface area (Å²) in [7, 11) is -2.17. The van der Waals surface area contributed by atoms with Crippen molar-refractivity contribution in [2.75, 3.05) is 19.4 Å². The highest BCUT2D eigenvalue weighted by molar-refractivity contribution is 7.99. The van der Waals surface area contributed by atoms with Gasteiger partial charge in [-0.1, -0.05) is 23.9 Å². The second-order valence-corrected chi connectivity index (χ2v) is 9.07. The molecule has 0 radical (unpaired) electrons. The number of hydrogen-bond acceptors (Lipinski definition) is 6. The Labute approximate surface area is 179 Å². The molecule has 0 aliphatic rings. The predicted molar refractivity (Wildman–Crippen MR) is 117 cm³/mol. The van der Waals surface area contributed by atoms with Crippen molar-refractivity contribution >= 4 is 38.7 Å². The van der Waals surface area contributed by atoms with Gasteiger partial charge in [-0.25, -0.2) is 18.5 Å². The van der Waals surface area contributed by atoms with Crippen molar-refractivity contribution in [3.63, 3.8) is 0 Å². The first kappa shape index (κ1) is 22.1. The lowest BCUT2D eigenvalue weighted by Gasteiger charge is -2.07. The van der Waals surface area contributed by atoms with Crippen molar-refractivity contribution in [2.45, 2.75) is 29.9 Å². The first-order chi connectivity index (χ1) is 14.3. The zero-order valence-electron chi connectivity index (χ0n) is 16.8. The minimum Gasteiger partial charge on any atom is -0.497 e. The van der Waals surface area contributed by atoms with Gasteiger partial charge in [0.2, 0.25) is 15.9 Å². The van der Waals surface area contributed by atoms with Crippen LogP contribution in [0.5, 0.6) is 5.75 Å². The first-order valence-corrected chi connectivity index (χ1v) is 11.9. The van der Waals surface area contributed by atoms with E-state index in [1.807, 2.05) is 35.8 Å². The Morgan fingerprint density at radius 3 is 2.60 bits per heavy atom. The van der Waals surface area contributed by atoms with Crippen LogP contribution in [0.1, 0.15) is 12.5 Å². The molecule has 1 amide bonds. The third-order valence-electron chi connectivity index (χ3n) is 4.56. The molecule has 3 aromatic rings. The summed E-state index contributed by atoms with van der Waals surface area (Å²) < 4.78 is 30.2. The molecule has 30 heavy (non-hydrogen) atoms. The number of nitrogens with two attached hydrogens (primary N) is 1. The number of hydrogen-bond donors (Lipinski definition) is 2. The summed E-state index contributed by atoms with van der Waals surface area (Å²) in [5.74, 6) is 0.927. The fourth-order valence-corrected chi connectivity index (χ4v) is 4.44. The average Bonchev–Trinajstić information content (AvgIpc) is 3.08. The third-order valence-corrected chi connectivity index (χ3v) is 6.44. The maximum Gasteiger partial charge on any atom is 0.238 e. The third kappa shape index (κ3) is 5.32. The van der Waals surface area contributed by atoms with E-state index in [-0.39, 0.29) is 16.6 Å². The van der Waals surface area contributed by atoms with Crippen molar-refractivity contribution in [2.24, 2.45) is 5.14 Å². The van der Waals surface area contributed by atoms with E-state index < -0.39 is 10.0 Å². The summed E-state index contributed by atoms with van der Waals surface area (Å²) in [6.45, 7) is 3.15. The normalized spacial score (nSPS) is 11.6. The van der Waals surface area contributed by atoms with Crippen LogP contribution in [0.25, 0.3) is 11.0 Å². The lowest BCUT2D eigenvalue weighted by Crippen LogP contribution is -2.27. The molecular weight excluding hydrogens is 424 g/mol. The number of aryl methyl sites for hydroxylation is 1. The number of carbonyl (C=O) groups is 1. The quantitative estimate of drug-likeness (QED) is 0.485. The molecule has 0 atom stereocenters. The molecule has 1 heterocycles. The Balaban J connectivity index is 1.59. The minimum absolute atomic E-state index is 0.0172. The van der Waals surface area contributed by atoms with Crippen LogP contribution in [0.2, 0.25) is 0 Å². The molecule has 3 N–H and O–H groups in total. The van der Waals surface area contributed by atoms with Crippen LogP contribution in [-0.2, 0) is 27.8 Å². The Bertz CT molecular complexity index is 1140. The number of sulfonamides is 1. The van der Waals surface area contributed by atoms with E-state index >= 15 is 0 Å². The topological polar surface area (TPSA) is 116 Å². The molecule has 0 fully saturated rings. The van der Waals surface area contributed by atoms with E-state index in [0.29, 0.717) is 23.8 Å². The van der Waals surface area contributed by atoms with Crippen LogP contribution in [0.3, 0.4) is 0 Å². The van der Waals surface area contributed by atoms with Crippen molar-refractivity contribution in [3.8, 4) is 5.75 Å². The highest BCUT2D eigenvalue weighted by Crippen LogP contribution is 2.25. The zero-order valence-corrected chi connectivity index (χ0v) is 18.4. The molecule has 0 aliphatic heterocycles. The monoisotopic (exact) mass is 448 g/mol. The minimum atomic E-state index is -3.79. The molecule has 10 heteroatoms. The van der Waals surface area contributed by atoms with Gasteiger partial charge in [0.1, 0.15) is 5.75 Å². The number of methoxy groups -OCH3 is 1. The number of primary sulfonamides is 1. The smallest absolute Gasteiger partial charge is 0.238 e. The van der Waals surface area contributed by atoms with E-state index in [1.165, 1.54) is 23.9 Å². The lowest BCUT2D eigenvalue weighted by molar-refractivity contribution is -0.118. The van der Waals surface area contributed by atoms with Gasteiger partial charge < -0.3 is 14.6 Å². The molecule has 0 saturated heterocycles. The number of fused-ring (bicyclic) bond motifs is 1. The van der Waals surface area contributed by atoms with Gasteiger partial charge in [0.25, 0.3) is 0 Å². The van der Waals surface area contributed by atoms with Crippen LogP contribution in [-0.4, -0.2) is 43.3 Å². The number of rotatable bonds is 9. The van der Waals surface area contributed by atoms with E-state index in [9.17, 15) is 13.2 Å². The van der Waals surface area contributed by atoms with Crippen molar-refractivity contribution < 1.29 is 17.9 Å². The van der Waals surface area contributed by atoms with Crippen molar-refractivity contribution in [3.05, 3.63) is 48.0 Å². The number of ether oxygens (including phenoxy) is 1. The highest BCUT2D eigenvalue weighted by Gasteiger charge is 2.15. The standard InChI is InChI=1S/C20H24N4O4S2/c1-3-24-18-9-8-16(30(21,26)27)12-17(18)23-20(24)29-13-19(25)22-11-10-14-4-6-15(28-2)7-5-14/h4-9,12H,3,10-11,13H2,1-2H3,(H,22,25)(H2,21,26,27). The summed E-state index contributed by atoms with van der Waals surface area (Å²) in [4.78, 5) is 16.7. The maximum atomic E-state index is 12.2. The Morgan fingerprint density at radius 2 is 1.97 bits per heavy atom. The summed E-state index contributed by atoms with van der Waals surface area (Å²) in [6, 6.07) is 12.3. The van der Waals surface area contributed by atoms with Gasteiger partial charge in [-0.2, -0.15) is 0 Å². The van der Waals surface area contributed by atoms with Crippen LogP contribution in [0, 0.1) is 0 Å². The molecule has 1 aromatic heterocycles. The fraction of sp³-hybridized carbons (Fsp3) is 0.300. The molecule has 8 nitrogen and oxygen atoms in total. The Morgan fingerprint density at radius 1 is 1.23 bits per heavy atom. The summed E-state index contributed by atoms with van der Waals surface area (Å²) in [5, 5.41) is 8.76. The number of amides is 1. The summed E-state index contributed by atoms with van der Waals surface area (Å²) in [5.41, 5.74) is 2.44. The van der Waals surface area contributed by atoms with Gasteiger partial charge in [0, 0.05) is 13.1 Å². The van der Waals surface area contributed by atoms with Crippen molar-refractivity contribution in [1.29, 1.82) is 0 Å². The number of nitrogens with zero attached hydrogens (tertiary/aromatic N) is 2. The first-order valence-electron chi connectivity index (χ1n) is 9.37. The zero-order chi connectivity index (χ0) is 21.7. The molecule has 0 bridgehead atoms. The number of benzene rings is 2.